The third-order valence-corrected chi connectivity index (χ3v) is 3.48. The Morgan fingerprint density at radius 2 is 1.71 bits per heavy atom. The fourth-order valence-electron chi connectivity index (χ4n) is 2.28. The Morgan fingerprint density at radius 1 is 0.958 bits per heavy atom. The van der Waals surface area contributed by atoms with Crippen LogP contribution in [0, 0.1) is 6.92 Å². The fourth-order valence-corrected chi connectivity index (χ4v) is 2.28. The summed E-state index contributed by atoms with van der Waals surface area (Å²) in [6.45, 7) is 3.96. The van der Waals surface area contributed by atoms with Crippen LogP contribution >= 0.6 is 12.4 Å². The van der Waals surface area contributed by atoms with E-state index in [0.717, 1.165) is 23.7 Å². The van der Waals surface area contributed by atoms with Gasteiger partial charge in [-0.3, -0.25) is 0 Å². The van der Waals surface area contributed by atoms with E-state index in [0.29, 0.717) is 13.2 Å². The van der Waals surface area contributed by atoms with Crippen LogP contribution < -0.4 is 10.1 Å². The molecule has 1 N–H and O–H groups in total. The van der Waals surface area contributed by atoms with E-state index in [1.807, 2.05) is 43.3 Å². The molecule has 3 aromatic rings. The molecule has 0 aliphatic carbocycles. The van der Waals surface area contributed by atoms with E-state index < -0.39 is 0 Å². The fraction of sp³-hybridized carbons (Fsp3) is 0.211. The van der Waals surface area contributed by atoms with Gasteiger partial charge in [-0.2, -0.15) is 0 Å². The molecular formula is C19H21ClN2O2. The van der Waals surface area contributed by atoms with Crippen LogP contribution in [-0.4, -0.2) is 5.16 Å². The first-order chi connectivity index (χ1) is 11.3. The van der Waals surface area contributed by atoms with Crippen LogP contribution in [0.2, 0.25) is 0 Å². The number of aromatic nitrogens is 1. The quantitative estimate of drug-likeness (QED) is 0.695. The summed E-state index contributed by atoms with van der Waals surface area (Å²) >= 11 is 0. The molecule has 0 amide bonds. The number of benzene rings is 2. The zero-order valence-electron chi connectivity index (χ0n) is 13.6. The molecule has 1 heterocycles. The maximum absolute atomic E-state index is 5.78. The average Bonchev–Trinajstić information content (AvgIpc) is 3.00. The minimum atomic E-state index is 0. The van der Waals surface area contributed by atoms with Crippen molar-refractivity contribution in [2.75, 3.05) is 0 Å². The third kappa shape index (κ3) is 5.41. The second-order valence-corrected chi connectivity index (χ2v) is 5.45. The molecule has 0 saturated carbocycles. The number of halogens is 1. The Balaban J connectivity index is 0.00000208. The Morgan fingerprint density at radius 3 is 2.38 bits per heavy atom. The molecule has 126 valence electrons. The molecule has 1 aromatic heterocycles. The number of rotatable bonds is 7. The summed E-state index contributed by atoms with van der Waals surface area (Å²) in [7, 11) is 0. The van der Waals surface area contributed by atoms with Gasteiger partial charge in [0.2, 0.25) is 0 Å². The predicted molar refractivity (Wildman–Crippen MR) is 96.2 cm³/mol. The Labute approximate surface area is 148 Å². The Hall–Kier alpha value is -2.30. The minimum Gasteiger partial charge on any atom is -0.489 e. The lowest BCUT2D eigenvalue weighted by molar-refractivity contribution is 0.306. The highest BCUT2D eigenvalue weighted by atomic mass is 35.5. The molecule has 0 radical (unpaired) electrons. The van der Waals surface area contributed by atoms with Gasteiger partial charge in [-0.15, -0.1) is 12.4 Å². The first-order valence-electron chi connectivity index (χ1n) is 7.68. The minimum absolute atomic E-state index is 0. The lowest BCUT2D eigenvalue weighted by Gasteiger charge is -2.08. The Kier molecular flexibility index (Phi) is 6.85. The van der Waals surface area contributed by atoms with Crippen molar-refractivity contribution in [3.05, 3.63) is 83.2 Å². The largest absolute Gasteiger partial charge is 0.489 e. The maximum atomic E-state index is 5.78. The first-order valence-corrected chi connectivity index (χ1v) is 7.68. The topological polar surface area (TPSA) is 47.3 Å². The summed E-state index contributed by atoms with van der Waals surface area (Å²) in [6.07, 6.45) is 0. The van der Waals surface area contributed by atoms with Gasteiger partial charge in [0.05, 0.1) is 5.69 Å². The molecule has 0 saturated heterocycles. The summed E-state index contributed by atoms with van der Waals surface area (Å²) < 4.78 is 10.8. The molecule has 0 atom stereocenters. The molecule has 24 heavy (non-hydrogen) atoms. The summed E-state index contributed by atoms with van der Waals surface area (Å²) in [5.74, 6) is 1.71. The van der Waals surface area contributed by atoms with E-state index in [-0.39, 0.29) is 12.4 Å². The number of ether oxygens (including phenoxy) is 1. The first kappa shape index (κ1) is 18.0. The molecule has 0 aliphatic rings. The molecule has 0 fully saturated rings. The van der Waals surface area contributed by atoms with Crippen molar-refractivity contribution < 1.29 is 9.26 Å². The molecule has 3 rings (SSSR count). The van der Waals surface area contributed by atoms with Gasteiger partial charge in [0.15, 0.2) is 0 Å². The van der Waals surface area contributed by atoms with Crippen molar-refractivity contribution in [3.8, 4) is 5.75 Å². The predicted octanol–water partition coefficient (Wildman–Crippen LogP) is 4.27. The molecule has 0 aliphatic heterocycles. The lowest BCUT2D eigenvalue weighted by atomic mass is 10.2. The standard InChI is InChI=1S/C19H20N2O2.ClH/c1-15-11-18(21-23-15)13-20-12-16-7-9-19(10-8-16)22-14-17-5-3-2-4-6-17;/h2-11,20H,12-14H2,1H3;1H. The Bertz CT molecular complexity index is 727. The van der Waals surface area contributed by atoms with Crippen LogP contribution in [0.15, 0.2) is 65.2 Å². The van der Waals surface area contributed by atoms with Gasteiger partial charge in [0.1, 0.15) is 18.1 Å². The van der Waals surface area contributed by atoms with Crippen LogP contribution in [-0.2, 0) is 19.7 Å². The number of nitrogens with zero attached hydrogens (tertiary/aromatic N) is 1. The van der Waals surface area contributed by atoms with Crippen LogP contribution in [0.3, 0.4) is 0 Å². The van der Waals surface area contributed by atoms with Crippen molar-refractivity contribution in [1.82, 2.24) is 10.5 Å². The van der Waals surface area contributed by atoms with Gasteiger partial charge >= 0.3 is 0 Å². The van der Waals surface area contributed by atoms with Gasteiger partial charge in [-0.1, -0.05) is 47.6 Å². The molecule has 0 unspecified atom stereocenters. The number of hydrogen-bond donors (Lipinski definition) is 1. The van der Waals surface area contributed by atoms with Gasteiger partial charge in [0, 0.05) is 19.2 Å². The van der Waals surface area contributed by atoms with Crippen molar-refractivity contribution in [2.24, 2.45) is 0 Å². The molecular weight excluding hydrogens is 324 g/mol. The van der Waals surface area contributed by atoms with E-state index in [9.17, 15) is 0 Å². The second-order valence-electron chi connectivity index (χ2n) is 5.45. The van der Waals surface area contributed by atoms with E-state index in [2.05, 4.69) is 34.7 Å². The molecule has 0 bridgehead atoms. The van der Waals surface area contributed by atoms with Crippen LogP contribution in [0.25, 0.3) is 0 Å². The molecule has 4 nitrogen and oxygen atoms in total. The highest BCUT2D eigenvalue weighted by molar-refractivity contribution is 5.85. The summed E-state index contributed by atoms with van der Waals surface area (Å²) in [5, 5.41) is 7.30. The molecule has 2 aromatic carbocycles. The summed E-state index contributed by atoms with van der Waals surface area (Å²) in [5.41, 5.74) is 3.30. The highest BCUT2D eigenvalue weighted by Gasteiger charge is 2.00. The van der Waals surface area contributed by atoms with Crippen molar-refractivity contribution in [2.45, 2.75) is 26.6 Å². The van der Waals surface area contributed by atoms with E-state index in [4.69, 9.17) is 9.26 Å². The number of aryl methyl sites for hydroxylation is 1. The van der Waals surface area contributed by atoms with Crippen molar-refractivity contribution >= 4 is 12.4 Å². The van der Waals surface area contributed by atoms with Crippen molar-refractivity contribution in [3.63, 3.8) is 0 Å². The lowest BCUT2D eigenvalue weighted by Crippen LogP contribution is -2.12. The summed E-state index contributed by atoms with van der Waals surface area (Å²) in [4.78, 5) is 0. The normalized spacial score (nSPS) is 10.2. The molecule has 5 heteroatoms. The zero-order chi connectivity index (χ0) is 15.9. The van der Waals surface area contributed by atoms with Crippen LogP contribution in [0.5, 0.6) is 5.75 Å². The monoisotopic (exact) mass is 344 g/mol. The van der Waals surface area contributed by atoms with Crippen LogP contribution in [0.1, 0.15) is 22.6 Å². The van der Waals surface area contributed by atoms with Gasteiger partial charge in [-0.05, 0) is 30.2 Å². The maximum Gasteiger partial charge on any atom is 0.133 e. The number of hydrogen-bond acceptors (Lipinski definition) is 4. The van der Waals surface area contributed by atoms with E-state index >= 15 is 0 Å². The highest BCUT2D eigenvalue weighted by Crippen LogP contribution is 2.14. The smallest absolute Gasteiger partial charge is 0.133 e. The van der Waals surface area contributed by atoms with Crippen molar-refractivity contribution in [1.29, 1.82) is 0 Å². The van der Waals surface area contributed by atoms with Gasteiger partial charge < -0.3 is 14.6 Å². The second kappa shape index (κ2) is 9.11. The van der Waals surface area contributed by atoms with Crippen LogP contribution in [0.4, 0.5) is 0 Å². The number of nitrogens with one attached hydrogen (secondary N) is 1. The third-order valence-electron chi connectivity index (χ3n) is 3.48. The average molecular weight is 345 g/mol. The zero-order valence-corrected chi connectivity index (χ0v) is 14.4. The van der Waals surface area contributed by atoms with E-state index in [1.165, 1.54) is 11.1 Å². The SMILES string of the molecule is Cc1cc(CNCc2ccc(OCc3ccccc3)cc2)no1.Cl. The summed E-state index contributed by atoms with van der Waals surface area (Å²) in [6, 6.07) is 20.2. The van der Waals surface area contributed by atoms with Gasteiger partial charge in [0.25, 0.3) is 0 Å². The van der Waals surface area contributed by atoms with E-state index in [1.54, 1.807) is 0 Å². The van der Waals surface area contributed by atoms with Gasteiger partial charge in [-0.25, -0.2) is 0 Å². The molecule has 0 spiro atoms.